The zero-order valence-corrected chi connectivity index (χ0v) is 13.7. The van der Waals surface area contributed by atoms with Crippen molar-refractivity contribution in [2.45, 2.75) is 13.5 Å². The molecule has 0 saturated heterocycles. The molecule has 0 fully saturated rings. The van der Waals surface area contributed by atoms with Crippen LogP contribution in [0.15, 0.2) is 72.8 Å². The molecule has 2 heteroatoms. The Morgan fingerprint density at radius 3 is 1.60 bits per heavy atom. The Morgan fingerprint density at radius 1 is 0.700 bits per heavy atom. The first-order valence-electron chi connectivity index (χ1n) is 6.89. The standard InChI is InChI=1S/C18H18SSi/c1-15-13-14-18(19-15)20(2,16-9-5-3-6-10-16)17-11-7-4-8-12-17/h3-14H,1-2H3. The Morgan fingerprint density at radius 2 is 1.20 bits per heavy atom. The lowest BCUT2D eigenvalue weighted by Crippen LogP contribution is -2.63. The van der Waals surface area contributed by atoms with Crippen LogP contribution in [0, 0.1) is 6.92 Å². The summed E-state index contributed by atoms with van der Waals surface area (Å²) in [6.07, 6.45) is 0. The molecule has 0 saturated carbocycles. The fourth-order valence-electron chi connectivity index (χ4n) is 2.70. The van der Waals surface area contributed by atoms with Crippen LogP contribution in [0.1, 0.15) is 4.88 Å². The number of benzene rings is 2. The third-order valence-electron chi connectivity index (χ3n) is 3.94. The Balaban J connectivity index is 2.23. The molecule has 0 radical (unpaired) electrons. The van der Waals surface area contributed by atoms with Gasteiger partial charge in [0.1, 0.15) is 0 Å². The summed E-state index contributed by atoms with van der Waals surface area (Å²) >= 11 is 1.95. The highest BCUT2D eigenvalue weighted by molar-refractivity contribution is 7.32. The van der Waals surface area contributed by atoms with Gasteiger partial charge in [0.15, 0.2) is 8.07 Å². The minimum absolute atomic E-state index is 1.39. The molecule has 0 amide bonds. The van der Waals surface area contributed by atoms with E-state index in [0.717, 1.165) is 0 Å². The van der Waals surface area contributed by atoms with Crippen molar-refractivity contribution in [3.8, 4) is 0 Å². The second-order valence-electron chi connectivity index (χ2n) is 5.27. The molecule has 0 unspecified atom stereocenters. The quantitative estimate of drug-likeness (QED) is 0.651. The third kappa shape index (κ3) is 2.26. The van der Waals surface area contributed by atoms with Gasteiger partial charge in [-0.2, -0.15) is 0 Å². The summed E-state index contributed by atoms with van der Waals surface area (Å²) in [6, 6.07) is 26.5. The molecule has 100 valence electrons. The van der Waals surface area contributed by atoms with Gasteiger partial charge in [-0.05, 0) is 23.4 Å². The van der Waals surface area contributed by atoms with Crippen molar-refractivity contribution in [2.24, 2.45) is 0 Å². The fraction of sp³-hybridized carbons (Fsp3) is 0.111. The zero-order chi connectivity index (χ0) is 14.0. The summed E-state index contributed by atoms with van der Waals surface area (Å²) < 4.78 is 1.53. The van der Waals surface area contributed by atoms with Crippen LogP contribution in [-0.2, 0) is 0 Å². The molecule has 0 aliphatic carbocycles. The lowest BCUT2D eigenvalue weighted by molar-refractivity contribution is 1.64. The minimum atomic E-state index is -1.84. The van der Waals surface area contributed by atoms with Crippen LogP contribution in [0.25, 0.3) is 0 Å². The van der Waals surface area contributed by atoms with Crippen molar-refractivity contribution in [3.63, 3.8) is 0 Å². The first-order valence-corrected chi connectivity index (χ1v) is 10.2. The van der Waals surface area contributed by atoms with E-state index in [-0.39, 0.29) is 0 Å². The third-order valence-corrected chi connectivity index (χ3v) is 10.4. The molecule has 1 aromatic heterocycles. The number of hydrogen-bond donors (Lipinski definition) is 0. The van der Waals surface area contributed by atoms with Crippen LogP contribution >= 0.6 is 11.3 Å². The number of rotatable bonds is 3. The van der Waals surface area contributed by atoms with Crippen LogP contribution in [-0.4, -0.2) is 8.07 Å². The lowest BCUT2D eigenvalue weighted by atomic mass is 10.4. The van der Waals surface area contributed by atoms with Crippen molar-refractivity contribution in [2.75, 3.05) is 0 Å². The van der Waals surface area contributed by atoms with Crippen LogP contribution in [0.2, 0.25) is 6.55 Å². The van der Waals surface area contributed by atoms with E-state index in [4.69, 9.17) is 0 Å². The summed E-state index contributed by atoms with van der Waals surface area (Å²) in [5, 5.41) is 2.96. The van der Waals surface area contributed by atoms with Crippen molar-refractivity contribution in [1.82, 2.24) is 0 Å². The Hall–Kier alpha value is -1.64. The molecule has 1 heterocycles. The van der Waals surface area contributed by atoms with Crippen LogP contribution in [0.3, 0.4) is 0 Å². The number of hydrogen-bond acceptors (Lipinski definition) is 1. The molecule has 0 bridgehead atoms. The van der Waals surface area contributed by atoms with E-state index < -0.39 is 8.07 Å². The summed E-state index contributed by atoms with van der Waals surface area (Å²) in [6.45, 7) is 4.65. The molecule has 0 atom stereocenters. The molecule has 0 aliphatic rings. The Bertz CT molecular complexity index is 646. The highest BCUT2D eigenvalue weighted by Crippen LogP contribution is 2.13. The van der Waals surface area contributed by atoms with Crippen molar-refractivity contribution < 1.29 is 0 Å². The molecule has 3 rings (SSSR count). The average molecular weight is 294 g/mol. The van der Waals surface area contributed by atoms with Crippen molar-refractivity contribution in [3.05, 3.63) is 77.7 Å². The van der Waals surface area contributed by atoms with Crippen LogP contribution in [0.4, 0.5) is 0 Å². The maximum Gasteiger partial charge on any atom is 0.157 e. The molecular formula is C18H18SSi. The normalized spacial score (nSPS) is 11.5. The first kappa shape index (κ1) is 13.3. The van der Waals surface area contributed by atoms with E-state index in [1.54, 1.807) is 0 Å². The number of thiophene rings is 1. The predicted octanol–water partition coefficient (Wildman–Crippen LogP) is 3.16. The molecule has 0 N–H and O–H groups in total. The lowest BCUT2D eigenvalue weighted by Gasteiger charge is -2.27. The molecule has 0 nitrogen and oxygen atoms in total. The first-order chi connectivity index (χ1) is 9.71. The van der Waals surface area contributed by atoms with Crippen molar-refractivity contribution in [1.29, 1.82) is 0 Å². The maximum absolute atomic E-state index is 2.46. The Labute approximate surface area is 125 Å². The largest absolute Gasteiger partial charge is 0.157 e. The molecule has 20 heavy (non-hydrogen) atoms. The van der Waals surface area contributed by atoms with Gasteiger partial charge in [-0.25, -0.2) is 0 Å². The van der Waals surface area contributed by atoms with Crippen LogP contribution < -0.4 is 14.9 Å². The highest BCUT2D eigenvalue weighted by Gasteiger charge is 2.35. The van der Waals surface area contributed by atoms with Gasteiger partial charge in [0, 0.05) is 9.38 Å². The number of aryl methyl sites for hydroxylation is 1. The maximum atomic E-state index is 2.46. The highest BCUT2D eigenvalue weighted by atomic mass is 32.1. The van der Waals surface area contributed by atoms with Gasteiger partial charge >= 0.3 is 0 Å². The van der Waals surface area contributed by atoms with E-state index in [2.05, 4.69) is 86.3 Å². The van der Waals surface area contributed by atoms with E-state index in [1.807, 2.05) is 11.3 Å². The van der Waals surface area contributed by atoms with Crippen molar-refractivity contribution >= 4 is 34.3 Å². The topological polar surface area (TPSA) is 0 Å². The van der Waals surface area contributed by atoms with Gasteiger partial charge in [0.25, 0.3) is 0 Å². The minimum Gasteiger partial charge on any atom is -0.150 e. The van der Waals surface area contributed by atoms with Gasteiger partial charge in [0.05, 0.1) is 0 Å². The van der Waals surface area contributed by atoms with Gasteiger partial charge in [0.2, 0.25) is 0 Å². The summed E-state index contributed by atoms with van der Waals surface area (Å²) in [7, 11) is -1.84. The molecule has 0 spiro atoms. The molecular weight excluding hydrogens is 276 g/mol. The molecule has 0 aliphatic heterocycles. The predicted molar refractivity (Wildman–Crippen MR) is 92.5 cm³/mol. The zero-order valence-electron chi connectivity index (χ0n) is 11.8. The summed E-state index contributed by atoms with van der Waals surface area (Å²) in [5.41, 5.74) is 0. The van der Waals surface area contributed by atoms with Gasteiger partial charge in [-0.15, -0.1) is 11.3 Å². The molecule has 3 aromatic rings. The van der Waals surface area contributed by atoms with E-state index >= 15 is 0 Å². The van der Waals surface area contributed by atoms with Gasteiger partial charge in [-0.3, -0.25) is 0 Å². The second-order valence-corrected chi connectivity index (χ2v) is 10.9. The summed E-state index contributed by atoms with van der Waals surface area (Å²) in [4.78, 5) is 1.39. The van der Waals surface area contributed by atoms with Crippen LogP contribution in [0.5, 0.6) is 0 Å². The average Bonchev–Trinajstić information content (AvgIpc) is 2.95. The Kier molecular flexibility index (Phi) is 3.60. The summed E-state index contributed by atoms with van der Waals surface area (Å²) in [5.74, 6) is 0. The smallest absolute Gasteiger partial charge is 0.150 e. The second kappa shape index (κ2) is 5.39. The SMILES string of the molecule is Cc1ccc([Si](C)(c2ccccc2)c2ccccc2)s1. The van der Waals surface area contributed by atoms with E-state index in [1.165, 1.54) is 19.8 Å². The fourth-order valence-corrected chi connectivity index (χ4v) is 8.36. The van der Waals surface area contributed by atoms with Gasteiger partial charge < -0.3 is 0 Å². The molecule has 2 aromatic carbocycles. The van der Waals surface area contributed by atoms with Gasteiger partial charge in [-0.1, -0.05) is 73.3 Å². The monoisotopic (exact) mass is 294 g/mol. The van der Waals surface area contributed by atoms with E-state index in [9.17, 15) is 0 Å². The van der Waals surface area contributed by atoms with E-state index in [0.29, 0.717) is 0 Å².